The first-order chi connectivity index (χ1) is 9.90. The average Bonchev–Trinajstić information content (AvgIpc) is 2.94. The molecule has 6 nitrogen and oxygen atoms in total. The zero-order chi connectivity index (χ0) is 15.5. The summed E-state index contributed by atoms with van der Waals surface area (Å²) in [6, 6.07) is 1.73. The molecule has 0 spiro atoms. The highest BCUT2D eigenvalue weighted by Crippen LogP contribution is 2.23. The molecule has 0 fully saturated rings. The Morgan fingerprint density at radius 2 is 2.00 bits per heavy atom. The standard InChI is InChI=1S/C14H18N4O2S/c1-4-18(9-14(2,3)20)13(19)10-8-17-12(21-10)11-15-6-5-7-16-11/h5-8,20H,4,9H2,1-3H3. The Balaban J connectivity index is 2.18. The number of nitrogens with zero attached hydrogens (tertiary/aromatic N) is 4. The number of aromatic nitrogens is 3. The number of carbonyl (C=O) groups excluding carboxylic acids is 1. The minimum Gasteiger partial charge on any atom is -0.389 e. The normalized spacial score (nSPS) is 11.4. The van der Waals surface area contributed by atoms with E-state index in [0.717, 1.165) is 0 Å². The molecule has 1 amide bonds. The number of hydrogen-bond acceptors (Lipinski definition) is 6. The molecule has 7 heteroatoms. The highest BCUT2D eigenvalue weighted by molar-refractivity contribution is 7.16. The van der Waals surface area contributed by atoms with E-state index in [-0.39, 0.29) is 12.5 Å². The predicted molar refractivity (Wildman–Crippen MR) is 81.0 cm³/mol. The van der Waals surface area contributed by atoms with E-state index in [1.54, 1.807) is 37.2 Å². The summed E-state index contributed by atoms with van der Waals surface area (Å²) in [5.41, 5.74) is -0.929. The van der Waals surface area contributed by atoms with Crippen molar-refractivity contribution in [2.75, 3.05) is 13.1 Å². The van der Waals surface area contributed by atoms with Gasteiger partial charge in [-0.1, -0.05) is 0 Å². The third-order valence-corrected chi connectivity index (χ3v) is 3.70. The molecular weight excluding hydrogens is 288 g/mol. The first-order valence-electron chi connectivity index (χ1n) is 6.65. The van der Waals surface area contributed by atoms with Crippen molar-refractivity contribution >= 4 is 17.2 Å². The van der Waals surface area contributed by atoms with Crippen molar-refractivity contribution < 1.29 is 9.90 Å². The van der Waals surface area contributed by atoms with Gasteiger partial charge in [0.15, 0.2) is 10.8 Å². The van der Waals surface area contributed by atoms with Gasteiger partial charge >= 0.3 is 0 Å². The van der Waals surface area contributed by atoms with Gasteiger partial charge in [-0.3, -0.25) is 4.79 Å². The van der Waals surface area contributed by atoms with Gasteiger partial charge in [-0.05, 0) is 26.8 Å². The second-order valence-corrected chi connectivity index (χ2v) is 6.26. The van der Waals surface area contributed by atoms with Crippen LogP contribution in [0.15, 0.2) is 24.7 Å². The van der Waals surface area contributed by atoms with E-state index in [4.69, 9.17) is 0 Å². The largest absolute Gasteiger partial charge is 0.389 e. The Hall–Kier alpha value is -1.86. The van der Waals surface area contributed by atoms with E-state index in [1.165, 1.54) is 17.5 Å². The van der Waals surface area contributed by atoms with E-state index in [1.807, 2.05) is 6.92 Å². The Morgan fingerprint density at radius 1 is 1.33 bits per heavy atom. The lowest BCUT2D eigenvalue weighted by Gasteiger charge is -2.27. The molecule has 0 radical (unpaired) electrons. The van der Waals surface area contributed by atoms with Crippen LogP contribution in [0, 0.1) is 0 Å². The minimum absolute atomic E-state index is 0.140. The summed E-state index contributed by atoms with van der Waals surface area (Å²) in [4.78, 5) is 27.0. The second kappa shape index (κ2) is 6.28. The van der Waals surface area contributed by atoms with E-state index in [9.17, 15) is 9.90 Å². The fourth-order valence-corrected chi connectivity index (χ4v) is 2.67. The molecule has 0 bridgehead atoms. The fourth-order valence-electron chi connectivity index (χ4n) is 1.84. The molecule has 2 rings (SSSR count). The average molecular weight is 306 g/mol. The Morgan fingerprint density at radius 3 is 2.57 bits per heavy atom. The van der Waals surface area contributed by atoms with Crippen molar-refractivity contribution in [2.24, 2.45) is 0 Å². The van der Waals surface area contributed by atoms with Crippen LogP contribution < -0.4 is 0 Å². The Labute approximate surface area is 127 Å². The number of carbonyl (C=O) groups is 1. The minimum atomic E-state index is -0.929. The summed E-state index contributed by atoms with van der Waals surface area (Å²) in [7, 11) is 0. The summed E-state index contributed by atoms with van der Waals surface area (Å²) < 4.78 is 0. The van der Waals surface area contributed by atoms with Crippen molar-refractivity contribution in [3.05, 3.63) is 29.5 Å². The number of rotatable bonds is 5. The molecule has 0 aliphatic heterocycles. The van der Waals surface area contributed by atoms with Gasteiger partial charge in [0.1, 0.15) is 4.88 Å². The molecule has 21 heavy (non-hydrogen) atoms. The molecule has 0 atom stereocenters. The van der Waals surface area contributed by atoms with Crippen LogP contribution in [-0.4, -0.2) is 49.6 Å². The maximum absolute atomic E-state index is 12.4. The maximum Gasteiger partial charge on any atom is 0.265 e. The van der Waals surface area contributed by atoms with Crippen LogP contribution in [0.3, 0.4) is 0 Å². The second-order valence-electron chi connectivity index (χ2n) is 5.23. The van der Waals surface area contributed by atoms with Crippen LogP contribution in [0.1, 0.15) is 30.4 Å². The van der Waals surface area contributed by atoms with Gasteiger partial charge in [0, 0.05) is 25.5 Å². The molecule has 0 aliphatic rings. The molecule has 112 valence electrons. The predicted octanol–water partition coefficient (Wildman–Crippen LogP) is 1.83. The van der Waals surface area contributed by atoms with Crippen LogP contribution in [-0.2, 0) is 0 Å². The lowest BCUT2D eigenvalue weighted by molar-refractivity contribution is 0.0317. The summed E-state index contributed by atoms with van der Waals surface area (Å²) in [5.74, 6) is 0.367. The first-order valence-corrected chi connectivity index (χ1v) is 7.47. The molecule has 0 aliphatic carbocycles. The van der Waals surface area contributed by atoms with Crippen LogP contribution in [0.2, 0.25) is 0 Å². The summed E-state index contributed by atoms with van der Waals surface area (Å²) in [6.45, 7) is 6.04. The van der Waals surface area contributed by atoms with Gasteiger partial charge in [0.2, 0.25) is 0 Å². The molecule has 2 heterocycles. The number of hydrogen-bond donors (Lipinski definition) is 1. The van der Waals surface area contributed by atoms with Crippen LogP contribution in [0.4, 0.5) is 0 Å². The lowest BCUT2D eigenvalue weighted by Crippen LogP contribution is -2.41. The summed E-state index contributed by atoms with van der Waals surface area (Å²) in [6.07, 6.45) is 4.81. The van der Waals surface area contributed by atoms with Crippen LogP contribution in [0.5, 0.6) is 0 Å². The molecular formula is C14H18N4O2S. The van der Waals surface area contributed by atoms with Crippen molar-refractivity contribution in [1.29, 1.82) is 0 Å². The molecule has 0 saturated heterocycles. The van der Waals surface area contributed by atoms with Crippen LogP contribution >= 0.6 is 11.3 Å². The van der Waals surface area contributed by atoms with Crippen molar-refractivity contribution in [1.82, 2.24) is 19.9 Å². The molecule has 0 aromatic carbocycles. The monoisotopic (exact) mass is 306 g/mol. The topological polar surface area (TPSA) is 79.2 Å². The SMILES string of the molecule is CCN(CC(C)(C)O)C(=O)c1cnc(-c2ncccn2)s1. The van der Waals surface area contributed by atoms with Crippen molar-refractivity contribution in [3.8, 4) is 10.8 Å². The fraction of sp³-hybridized carbons (Fsp3) is 0.429. The quantitative estimate of drug-likeness (QED) is 0.911. The molecule has 0 saturated carbocycles. The lowest BCUT2D eigenvalue weighted by atomic mass is 10.1. The summed E-state index contributed by atoms with van der Waals surface area (Å²) >= 11 is 1.25. The number of likely N-dealkylation sites (N-methyl/N-ethyl adjacent to an activating group) is 1. The third kappa shape index (κ3) is 4.05. The zero-order valence-corrected chi connectivity index (χ0v) is 13.1. The van der Waals surface area contributed by atoms with E-state index < -0.39 is 5.60 Å². The number of aliphatic hydroxyl groups is 1. The molecule has 0 unspecified atom stereocenters. The summed E-state index contributed by atoms with van der Waals surface area (Å²) in [5, 5.41) is 10.5. The molecule has 2 aromatic heterocycles. The van der Waals surface area contributed by atoms with Gasteiger partial charge < -0.3 is 10.0 Å². The van der Waals surface area contributed by atoms with Gasteiger partial charge in [0.05, 0.1) is 11.8 Å². The van der Waals surface area contributed by atoms with E-state index >= 15 is 0 Å². The van der Waals surface area contributed by atoms with Gasteiger partial charge in [0.25, 0.3) is 5.91 Å². The maximum atomic E-state index is 12.4. The van der Waals surface area contributed by atoms with Crippen molar-refractivity contribution in [2.45, 2.75) is 26.4 Å². The van der Waals surface area contributed by atoms with Gasteiger partial charge in [-0.2, -0.15) is 0 Å². The molecule has 2 aromatic rings. The third-order valence-electron chi connectivity index (χ3n) is 2.72. The number of amides is 1. The highest BCUT2D eigenvalue weighted by Gasteiger charge is 2.24. The number of thiazole rings is 1. The smallest absolute Gasteiger partial charge is 0.265 e. The van der Waals surface area contributed by atoms with Crippen molar-refractivity contribution in [3.63, 3.8) is 0 Å². The Kier molecular flexibility index (Phi) is 4.64. The van der Waals surface area contributed by atoms with Gasteiger partial charge in [-0.15, -0.1) is 11.3 Å². The Bertz CT molecular complexity index is 607. The van der Waals surface area contributed by atoms with Gasteiger partial charge in [-0.25, -0.2) is 15.0 Å². The zero-order valence-electron chi connectivity index (χ0n) is 12.3. The van der Waals surface area contributed by atoms with Crippen LogP contribution in [0.25, 0.3) is 10.8 Å². The van der Waals surface area contributed by atoms with E-state index in [0.29, 0.717) is 22.3 Å². The molecule has 1 N–H and O–H groups in total. The first kappa shape index (κ1) is 15.5. The van der Waals surface area contributed by atoms with E-state index in [2.05, 4.69) is 15.0 Å². The highest BCUT2D eigenvalue weighted by atomic mass is 32.1.